The zero-order valence-corrected chi connectivity index (χ0v) is 7.67. The highest BCUT2D eigenvalue weighted by molar-refractivity contribution is 5.71. The van der Waals surface area contributed by atoms with Crippen molar-refractivity contribution >= 4 is 5.97 Å². The van der Waals surface area contributed by atoms with E-state index < -0.39 is 17.2 Å². The van der Waals surface area contributed by atoms with Gasteiger partial charge in [-0.25, -0.2) is 4.39 Å². The van der Waals surface area contributed by atoms with E-state index in [9.17, 15) is 14.0 Å². The van der Waals surface area contributed by atoms with E-state index in [0.717, 1.165) is 6.07 Å². The summed E-state index contributed by atoms with van der Waals surface area (Å²) in [4.78, 5) is 24.3. The van der Waals surface area contributed by atoms with Crippen LogP contribution in [-0.2, 0) is 16.0 Å². The highest BCUT2D eigenvalue weighted by atomic mass is 19.1. The minimum Gasteiger partial charge on any atom is -0.466 e. The maximum Gasteiger partial charge on any atom is 0.311 e. The second-order valence-electron chi connectivity index (χ2n) is 2.62. The van der Waals surface area contributed by atoms with Gasteiger partial charge in [0.25, 0.3) is 0 Å². The van der Waals surface area contributed by atoms with E-state index in [0.29, 0.717) is 0 Å². The molecule has 0 unspecified atom stereocenters. The molecule has 0 spiro atoms. The second kappa shape index (κ2) is 4.55. The van der Waals surface area contributed by atoms with Crippen LogP contribution >= 0.6 is 0 Å². The van der Waals surface area contributed by atoms with Crippen molar-refractivity contribution in [1.82, 2.24) is 4.98 Å². The summed E-state index contributed by atoms with van der Waals surface area (Å²) in [6, 6.07) is 1.06. The predicted molar refractivity (Wildman–Crippen MR) is 47.4 cm³/mol. The van der Waals surface area contributed by atoms with E-state index in [4.69, 9.17) is 0 Å². The monoisotopic (exact) mass is 199 g/mol. The zero-order chi connectivity index (χ0) is 10.6. The van der Waals surface area contributed by atoms with Crippen LogP contribution in [-0.4, -0.2) is 17.6 Å². The van der Waals surface area contributed by atoms with Gasteiger partial charge in [-0.1, -0.05) is 0 Å². The van der Waals surface area contributed by atoms with Crippen molar-refractivity contribution in [3.8, 4) is 0 Å². The number of hydrogen-bond acceptors (Lipinski definition) is 3. The van der Waals surface area contributed by atoms with Crippen LogP contribution in [0.3, 0.4) is 0 Å². The number of hydrogen-bond donors (Lipinski definition) is 1. The lowest BCUT2D eigenvalue weighted by Gasteiger charge is -2.02. The maximum atomic E-state index is 13.1. The van der Waals surface area contributed by atoms with Gasteiger partial charge >= 0.3 is 5.97 Å². The van der Waals surface area contributed by atoms with Gasteiger partial charge in [-0.3, -0.25) is 9.59 Å². The van der Waals surface area contributed by atoms with Gasteiger partial charge in [-0.15, -0.1) is 0 Å². The van der Waals surface area contributed by atoms with Gasteiger partial charge in [-0.2, -0.15) is 0 Å². The molecule has 4 nitrogen and oxygen atoms in total. The highest BCUT2D eigenvalue weighted by Gasteiger charge is 2.11. The molecule has 1 heterocycles. The molecule has 0 aliphatic heterocycles. The number of carbonyl (C=O) groups is 1. The number of aromatic nitrogens is 1. The van der Waals surface area contributed by atoms with E-state index in [1.54, 1.807) is 6.92 Å². The molecule has 0 saturated carbocycles. The number of carbonyl (C=O) groups excluding carboxylic acids is 1. The van der Waals surface area contributed by atoms with Crippen LogP contribution < -0.4 is 5.43 Å². The molecule has 0 aromatic carbocycles. The van der Waals surface area contributed by atoms with Crippen molar-refractivity contribution in [2.24, 2.45) is 0 Å². The van der Waals surface area contributed by atoms with Crippen molar-refractivity contribution in [3.63, 3.8) is 0 Å². The number of pyridine rings is 1. The third-order valence-electron chi connectivity index (χ3n) is 1.60. The minimum atomic E-state index is -0.930. The predicted octanol–water partition coefficient (Wildman–Crippen LogP) is 0.620. The molecule has 0 saturated heterocycles. The van der Waals surface area contributed by atoms with Crippen molar-refractivity contribution in [2.75, 3.05) is 6.61 Å². The molecule has 0 aliphatic rings. The van der Waals surface area contributed by atoms with Gasteiger partial charge in [0, 0.05) is 12.3 Å². The van der Waals surface area contributed by atoms with Gasteiger partial charge in [0.05, 0.1) is 18.7 Å². The van der Waals surface area contributed by atoms with E-state index in [2.05, 4.69) is 9.72 Å². The Morgan fingerprint density at radius 1 is 1.64 bits per heavy atom. The molecule has 14 heavy (non-hydrogen) atoms. The minimum absolute atomic E-state index is 0.0454. The standard InChI is InChI=1S/C9H10FNO3/c1-2-14-8(13)5-6-9(10)7(12)3-4-11-6/h3-4H,2,5H2,1H3,(H,11,12). The van der Waals surface area contributed by atoms with Crippen LogP contribution in [0.2, 0.25) is 0 Å². The van der Waals surface area contributed by atoms with Crippen LogP contribution in [0.1, 0.15) is 12.6 Å². The molecule has 0 atom stereocenters. The van der Waals surface area contributed by atoms with Crippen LogP contribution in [0.4, 0.5) is 4.39 Å². The summed E-state index contributed by atoms with van der Waals surface area (Å²) < 4.78 is 17.7. The zero-order valence-electron chi connectivity index (χ0n) is 7.67. The average Bonchev–Trinajstić information content (AvgIpc) is 2.13. The number of esters is 1. The average molecular weight is 199 g/mol. The highest BCUT2D eigenvalue weighted by Crippen LogP contribution is 1.99. The van der Waals surface area contributed by atoms with Crippen molar-refractivity contribution in [2.45, 2.75) is 13.3 Å². The molecule has 0 bridgehead atoms. The van der Waals surface area contributed by atoms with Crippen LogP contribution in [0.15, 0.2) is 17.1 Å². The Morgan fingerprint density at radius 2 is 2.36 bits per heavy atom. The van der Waals surface area contributed by atoms with E-state index in [-0.39, 0.29) is 18.7 Å². The fourth-order valence-corrected chi connectivity index (χ4v) is 0.988. The summed E-state index contributed by atoms with van der Waals surface area (Å²) >= 11 is 0. The number of aromatic amines is 1. The van der Waals surface area contributed by atoms with Crippen LogP contribution in [0.25, 0.3) is 0 Å². The lowest BCUT2D eigenvalue weighted by atomic mass is 10.2. The molecule has 0 aliphatic carbocycles. The third kappa shape index (κ3) is 2.42. The number of H-pyrrole nitrogens is 1. The molecule has 0 amide bonds. The van der Waals surface area contributed by atoms with Gasteiger partial charge in [0.2, 0.25) is 5.43 Å². The Kier molecular flexibility index (Phi) is 3.39. The largest absolute Gasteiger partial charge is 0.466 e. The normalized spacial score (nSPS) is 9.86. The Morgan fingerprint density at radius 3 is 3.00 bits per heavy atom. The fourth-order valence-electron chi connectivity index (χ4n) is 0.988. The summed E-state index contributed by atoms with van der Waals surface area (Å²) in [5.41, 5.74) is -0.779. The van der Waals surface area contributed by atoms with Gasteiger partial charge in [0.1, 0.15) is 0 Å². The third-order valence-corrected chi connectivity index (χ3v) is 1.60. The molecule has 0 radical (unpaired) electrons. The number of halogens is 1. The quantitative estimate of drug-likeness (QED) is 0.726. The van der Waals surface area contributed by atoms with Crippen LogP contribution in [0.5, 0.6) is 0 Å². The number of rotatable bonds is 3. The molecule has 1 aromatic heterocycles. The van der Waals surface area contributed by atoms with E-state index >= 15 is 0 Å². The summed E-state index contributed by atoms with van der Waals surface area (Å²) in [6.45, 7) is 1.89. The first-order valence-corrected chi connectivity index (χ1v) is 4.16. The topological polar surface area (TPSA) is 59.2 Å². The lowest BCUT2D eigenvalue weighted by molar-refractivity contribution is -0.142. The van der Waals surface area contributed by atoms with Gasteiger partial charge in [0.15, 0.2) is 5.82 Å². The Hall–Kier alpha value is -1.65. The molecule has 5 heteroatoms. The summed E-state index contributed by atoms with van der Waals surface area (Å²) in [7, 11) is 0. The smallest absolute Gasteiger partial charge is 0.311 e. The van der Waals surface area contributed by atoms with E-state index in [1.165, 1.54) is 6.20 Å². The summed E-state index contributed by atoms with van der Waals surface area (Å²) in [5.74, 6) is -1.49. The number of nitrogens with one attached hydrogen (secondary N) is 1. The summed E-state index contributed by atoms with van der Waals surface area (Å²) in [6.07, 6.45) is 1.04. The molecule has 1 N–H and O–H groups in total. The Balaban J connectivity index is 2.82. The first-order chi connectivity index (χ1) is 6.65. The molecule has 76 valence electrons. The van der Waals surface area contributed by atoms with Crippen molar-refractivity contribution < 1.29 is 13.9 Å². The maximum absolute atomic E-state index is 13.1. The Labute approximate surface area is 79.7 Å². The number of ether oxygens (including phenoxy) is 1. The molecule has 1 aromatic rings. The molecular formula is C9H10FNO3. The summed E-state index contributed by atoms with van der Waals surface area (Å²) in [5, 5.41) is 0. The van der Waals surface area contributed by atoms with Crippen LogP contribution in [0, 0.1) is 5.82 Å². The Bertz CT molecular complexity index is 386. The first kappa shape index (κ1) is 10.4. The van der Waals surface area contributed by atoms with Gasteiger partial charge in [-0.05, 0) is 6.92 Å². The van der Waals surface area contributed by atoms with Crippen molar-refractivity contribution in [3.05, 3.63) is 34.0 Å². The lowest BCUT2D eigenvalue weighted by Crippen LogP contribution is -2.15. The second-order valence-corrected chi connectivity index (χ2v) is 2.62. The fraction of sp³-hybridized carbons (Fsp3) is 0.333. The van der Waals surface area contributed by atoms with Crippen molar-refractivity contribution in [1.29, 1.82) is 0 Å². The van der Waals surface area contributed by atoms with Gasteiger partial charge < -0.3 is 9.72 Å². The first-order valence-electron chi connectivity index (χ1n) is 4.16. The van der Waals surface area contributed by atoms with E-state index in [1.807, 2.05) is 0 Å². The molecule has 1 rings (SSSR count). The molecule has 0 fully saturated rings. The SMILES string of the molecule is CCOC(=O)Cc1[nH]ccc(=O)c1F. The molecular weight excluding hydrogens is 189 g/mol.